The predicted molar refractivity (Wildman–Crippen MR) is 97.8 cm³/mol. The molecule has 23 heavy (non-hydrogen) atoms. The molecule has 6 heteroatoms. The molecule has 0 spiro atoms. The zero-order chi connectivity index (χ0) is 17.0. The van der Waals surface area contributed by atoms with Crippen molar-refractivity contribution in [2.75, 3.05) is 7.11 Å². The first-order valence-electron chi connectivity index (χ1n) is 6.48. The van der Waals surface area contributed by atoms with E-state index in [1.165, 1.54) is 13.4 Å². The van der Waals surface area contributed by atoms with Gasteiger partial charge in [0.15, 0.2) is 5.78 Å². The quantitative estimate of drug-likeness (QED) is 0.259. The maximum Gasteiger partial charge on any atom is 0.254 e. The van der Waals surface area contributed by atoms with Crippen molar-refractivity contribution in [1.29, 1.82) is 0 Å². The molecule has 0 saturated carbocycles. The number of carbonyl (C=O) groups is 2. The van der Waals surface area contributed by atoms with E-state index in [2.05, 4.69) is 31.9 Å². The number of Topliss-reactive ketones (excluding diaryl/α,β-unsaturated/α-hetero) is 1. The average Bonchev–Trinajstić information content (AvgIpc) is 2.55. The number of methoxy groups -OCH3 is 1. The maximum atomic E-state index is 12.8. The summed E-state index contributed by atoms with van der Waals surface area (Å²) < 4.78 is 6.19. The Hall–Kier alpha value is -1.43. The van der Waals surface area contributed by atoms with Crippen LogP contribution in [0.2, 0.25) is 0 Å². The summed E-state index contributed by atoms with van der Waals surface area (Å²) in [5, 5.41) is -0.670. The first-order chi connectivity index (χ1) is 11.0. The smallest absolute Gasteiger partial charge is 0.254 e. The number of hydrogen-bond donors (Lipinski definition) is 0. The Balaban J connectivity index is 2.65. The van der Waals surface area contributed by atoms with Crippen LogP contribution < -0.4 is 0 Å². The Morgan fingerprint density at radius 1 is 1.09 bits per heavy atom. The Morgan fingerprint density at radius 3 is 2.30 bits per heavy atom. The summed E-state index contributed by atoms with van der Waals surface area (Å²) in [6.07, 6.45) is 1.31. The third-order valence-electron chi connectivity index (χ3n) is 3.10. The number of allylic oxidation sites excluding steroid dienone is 1. The van der Waals surface area contributed by atoms with Gasteiger partial charge in [0.2, 0.25) is 0 Å². The first-order valence-corrected chi connectivity index (χ1v) is 8.44. The third kappa shape index (κ3) is 3.91. The van der Waals surface area contributed by atoms with E-state index in [0.717, 1.165) is 0 Å². The van der Waals surface area contributed by atoms with Crippen LogP contribution in [0.3, 0.4) is 0 Å². The van der Waals surface area contributed by atoms with Crippen molar-refractivity contribution in [1.82, 2.24) is 0 Å². The molecule has 2 aromatic carbocycles. The van der Waals surface area contributed by atoms with E-state index in [1.807, 2.05) is 6.07 Å². The van der Waals surface area contributed by atoms with Gasteiger partial charge in [0, 0.05) is 20.1 Å². The van der Waals surface area contributed by atoms with Crippen molar-refractivity contribution in [2.24, 2.45) is 0 Å². The minimum Gasteiger partial charge on any atom is -0.504 e. The predicted octanol–water partition coefficient (Wildman–Crippen LogP) is 5.46. The van der Waals surface area contributed by atoms with Crippen molar-refractivity contribution in [3.05, 3.63) is 74.4 Å². The largest absolute Gasteiger partial charge is 0.504 e. The van der Waals surface area contributed by atoms with E-state index in [-0.39, 0.29) is 16.9 Å². The van der Waals surface area contributed by atoms with E-state index in [9.17, 15) is 9.59 Å². The maximum absolute atomic E-state index is 12.8. The van der Waals surface area contributed by atoms with Crippen molar-refractivity contribution in [3.8, 4) is 0 Å². The van der Waals surface area contributed by atoms with Gasteiger partial charge in [-0.25, -0.2) is 0 Å². The Morgan fingerprint density at radius 2 is 1.74 bits per heavy atom. The van der Waals surface area contributed by atoms with Crippen LogP contribution in [0.4, 0.5) is 0 Å². The van der Waals surface area contributed by atoms with Gasteiger partial charge in [-0.3, -0.25) is 9.59 Å². The number of benzene rings is 2. The standard InChI is InChI=1S/C17H11Br2ClO3/c1-23-9-12(16(21)10-5-3-2-4-6-10)11-7-8-13(18)15(19)14(11)17(20)22/h2-9H,1H3. The summed E-state index contributed by atoms with van der Waals surface area (Å²) in [5.74, 6) is -0.263. The molecule has 0 unspecified atom stereocenters. The van der Waals surface area contributed by atoms with Crippen LogP contribution in [0.5, 0.6) is 0 Å². The van der Waals surface area contributed by atoms with Crippen molar-refractivity contribution < 1.29 is 14.3 Å². The van der Waals surface area contributed by atoms with Gasteiger partial charge in [-0.05, 0) is 49.5 Å². The van der Waals surface area contributed by atoms with Crippen LogP contribution in [0, 0.1) is 0 Å². The molecule has 0 aromatic heterocycles. The summed E-state index contributed by atoms with van der Waals surface area (Å²) in [4.78, 5) is 24.6. The highest BCUT2D eigenvalue weighted by Crippen LogP contribution is 2.34. The summed E-state index contributed by atoms with van der Waals surface area (Å²) in [6, 6.07) is 12.1. The van der Waals surface area contributed by atoms with E-state index in [1.54, 1.807) is 36.4 Å². The van der Waals surface area contributed by atoms with Crippen molar-refractivity contribution in [3.63, 3.8) is 0 Å². The van der Waals surface area contributed by atoms with Crippen LogP contribution in [0.1, 0.15) is 26.3 Å². The van der Waals surface area contributed by atoms with E-state index < -0.39 is 5.24 Å². The molecule has 0 aliphatic heterocycles. The van der Waals surface area contributed by atoms with Gasteiger partial charge in [-0.2, -0.15) is 0 Å². The monoisotopic (exact) mass is 456 g/mol. The molecule has 3 nitrogen and oxygen atoms in total. The molecule has 2 aromatic rings. The molecule has 2 rings (SSSR count). The number of hydrogen-bond acceptors (Lipinski definition) is 3. The molecule has 0 amide bonds. The van der Waals surface area contributed by atoms with Crippen LogP contribution >= 0.6 is 43.5 Å². The van der Waals surface area contributed by atoms with Gasteiger partial charge >= 0.3 is 0 Å². The Bertz CT molecular complexity index is 786. The molecule has 0 bridgehead atoms. The molecule has 0 aliphatic carbocycles. The van der Waals surface area contributed by atoms with Crippen LogP contribution in [-0.2, 0) is 4.74 Å². The molecule has 0 N–H and O–H groups in total. The fraction of sp³-hybridized carbons (Fsp3) is 0.0588. The lowest BCUT2D eigenvalue weighted by molar-refractivity contribution is 0.105. The molecule has 0 aliphatic rings. The van der Waals surface area contributed by atoms with E-state index >= 15 is 0 Å². The van der Waals surface area contributed by atoms with Gasteiger partial charge in [0.05, 0.1) is 24.5 Å². The Kier molecular flexibility index (Phi) is 6.16. The molecule has 0 atom stereocenters. The second kappa shape index (κ2) is 7.90. The lowest BCUT2D eigenvalue weighted by Crippen LogP contribution is -2.08. The highest BCUT2D eigenvalue weighted by Gasteiger charge is 2.23. The molecule has 118 valence electrons. The molecule has 0 radical (unpaired) electrons. The Labute approximate surface area is 155 Å². The number of halogens is 3. The molecule has 0 fully saturated rings. The number of ketones is 1. The highest BCUT2D eigenvalue weighted by atomic mass is 79.9. The third-order valence-corrected chi connectivity index (χ3v) is 5.30. The van der Waals surface area contributed by atoms with Gasteiger partial charge in [0.1, 0.15) is 0 Å². The lowest BCUT2D eigenvalue weighted by atomic mass is 9.94. The van der Waals surface area contributed by atoms with E-state index in [0.29, 0.717) is 20.1 Å². The zero-order valence-corrected chi connectivity index (χ0v) is 15.9. The zero-order valence-electron chi connectivity index (χ0n) is 12.0. The second-order valence-corrected chi connectivity index (χ2v) is 6.51. The fourth-order valence-corrected chi connectivity index (χ4v) is 3.24. The van der Waals surface area contributed by atoms with Gasteiger partial charge < -0.3 is 4.74 Å². The van der Waals surface area contributed by atoms with Crippen molar-refractivity contribution >= 4 is 60.1 Å². The molecule has 0 saturated heterocycles. The number of carbonyl (C=O) groups excluding carboxylic acids is 2. The normalized spacial score (nSPS) is 11.2. The lowest BCUT2D eigenvalue weighted by Gasteiger charge is -2.13. The summed E-state index contributed by atoms with van der Waals surface area (Å²) >= 11 is 12.4. The average molecular weight is 459 g/mol. The van der Waals surface area contributed by atoms with E-state index in [4.69, 9.17) is 16.3 Å². The number of rotatable bonds is 5. The number of ether oxygens (including phenoxy) is 1. The van der Waals surface area contributed by atoms with Crippen LogP contribution in [0.15, 0.2) is 57.7 Å². The minimum absolute atomic E-state index is 0.202. The minimum atomic E-state index is -0.670. The van der Waals surface area contributed by atoms with Gasteiger partial charge in [0.25, 0.3) is 5.24 Å². The molecule has 0 heterocycles. The summed E-state index contributed by atoms with van der Waals surface area (Å²) in [7, 11) is 1.44. The topological polar surface area (TPSA) is 43.4 Å². The summed E-state index contributed by atoms with van der Waals surface area (Å²) in [6.45, 7) is 0. The molecular weight excluding hydrogens is 447 g/mol. The van der Waals surface area contributed by atoms with Crippen LogP contribution in [-0.4, -0.2) is 18.1 Å². The van der Waals surface area contributed by atoms with Gasteiger partial charge in [-0.15, -0.1) is 0 Å². The van der Waals surface area contributed by atoms with Crippen molar-refractivity contribution in [2.45, 2.75) is 0 Å². The first kappa shape index (κ1) is 17.9. The summed E-state index contributed by atoms with van der Waals surface area (Å²) in [5.41, 5.74) is 1.34. The highest BCUT2D eigenvalue weighted by molar-refractivity contribution is 9.13. The fourth-order valence-electron chi connectivity index (χ4n) is 2.07. The SMILES string of the molecule is COC=C(C(=O)c1ccccc1)c1ccc(Br)c(Br)c1C(=O)Cl. The van der Waals surface area contributed by atoms with Gasteiger partial charge in [-0.1, -0.05) is 36.4 Å². The van der Waals surface area contributed by atoms with Crippen LogP contribution in [0.25, 0.3) is 5.57 Å². The molecular formula is C17H11Br2ClO3. The second-order valence-electron chi connectivity index (χ2n) is 4.52.